The second-order valence-electron chi connectivity index (χ2n) is 3.35. The minimum atomic E-state index is -0.546. The number of halogens is 1. The highest BCUT2D eigenvalue weighted by molar-refractivity contribution is 9.10. The van der Waals surface area contributed by atoms with Crippen LogP contribution in [0.5, 0.6) is 11.5 Å². The molecule has 5 heteroatoms. The summed E-state index contributed by atoms with van der Waals surface area (Å²) >= 11 is 3.33. The molecule has 1 rings (SSSR count). The summed E-state index contributed by atoms with van der Waals surface area (Å²) in [4.78, 5) is 11.7. The third-order valence-electron chi connectivity index (χ3n) is 2.14. The molecule has 0 radical (unpaired) electrons. The Bertz CT molecular complexity index is 379. The van der Waals surface area contributed by atoms with E-state index in [4.69, 9.17) is 15.2 Å². The van der Waals surface area contributed by atoms with Crippen molar-refractivity contribution < 1.29 is 14.3 Å². The SMILES string of the molecule is COc1cc(C(=O)C(C)N)cc(OC)c1Br. The number of carbonyl (C=O) groups excluding carboxylic acids is 1. The van der Waals surface area contributed by atoms with Crippen LogP contribution in [0, 0.1) is 0 Å². The fourth-order valence-electron chi connectivity index (χ4n) is 1.27. The Hall–Kier alpha value is -1.07. The monoisotopic (exact) mass is 287 g/mol. The van der Waals surface area contributed by atoms with Crippen LogP contribution in [0.15, 0.2) is 16.6 Å². The molecule has 88 valence electrons. The average molecular weight is 288 g/mol. The lowest BCUT2D eigenvalue weighted by atomic mass is 10.1. The van der Waals surface area contributed by atoms with E-state index in [-0.39, 0.29) is 5.78 Å². The summed E-state index contributed by atoms with van der Waals surface area (Å²) < 4.78 is 11.0. The zero-order valence-electron chi connectivity index (χ0n) is 9.41. The summed E-state index contributed by atoms with van der Waals surface area (Å²) in [5, 5.41) is 0. The molecule has 0 bridgehead atoms. The highest BCUT2D eigenvalue weighted by atomic mass is 79.9. The number of Topliss-reactive ketones (excluding diaryl/α,β-unsaturated/α-hetero) is 1. The maximum absolute atomic E-state index is 11.7. The van der Waals surface area contributed by atoms with Gasteiger partial charge in [0.25, 0.3) is 0 Å². The lowest BCUT2D eigenvalue weighted by molar-refractivity contribution is 0.0967. The Balaban J connectivity index is 3.27. The summed E-state index contributed by atoms with van der Waals surface area (Å²) in [7, 11) is 3.05. The molecule has 0 aliphatic heterocycles. The van der Waals surface area contributed by atoms with Gasteiger partial charge in [0.15, 0.2) is 5.78 Å². The number of hydrogen-bond donors (Lipinski definition) is 1. The minimum absolute atomic E-state index is 0.149. The van der Waals surface area contributed by atoms with Gasteiger partial charge < -0.3 is 15.2 Å². The largest absolute Gasteiger partial charge is 0.495 e. The highest BCUT2D eigenvalue weighted by Gasteiger charge is 2.16. The molecule has 0 amide bonds. The lowest BCUT2D eigenvalue weighted by Crippen LogP contribution is -2.26. The topological polar surface area (TPSA) is 61.5 Å². The normalized spacial score (nSPS) is 12.1. The van der Waals surface area contributed by atoms with Crippen LogP contribution in [0.1, 0.15) is 17.3 Å². The Kier molecular flexibility index (Phi) is 4.32. The quantitative estimate of drug-likeness (QED) is 0.861. The first-order valence-corrected chi connectivity index (χ1v) is 5.51. The molecule has 0 saturated heterocycles. The van der Waals surface area contributed by atoms with Gasteiger partial charge in [0.05, 0.1) is 20.3 Å². The molecular formula is C11H14BrNO3. The van der Waals surface area contributed by atoms with Crippen molar-refractivity contribution >= 4 is 21.7 Å². The predicted octanol–water partition coefficient (Wildman–Crippen LogP) is 2.00. The summed E-state index contributed by atoms with van der Waals surface area (Å²) in [5.41, 5.74) is 6.02. The maximum atomic E-state index is 11.7. The van der Waals surface area contributed by atoms with Crippen LogP contribution in [0.4, 0.5) is 0 Å². The van der Waals surface area contributed by atoms with Crippen molar-refractivity contribution in [3.05, 3.63) is 22.2 Å². The van der Waals surface area contributed by atoms with Crippen molar-refractivity contribution in [3.8, 4) is 11.5 Å². The van der Waals surface area contributed by atoms with E-state index in [1.807, 2.05) is 0 Å². The number of hydrogen-bond acceptors (Lipinski definition) is 4. The Morgan fingerprint density at radius 3 is 2.06 bits per heavy atom. The highest BCUT2D eigenvalue weighted by Crippen LogP contribution is 2.35. The molecule has 1 aromatic rings. The summed E-state index contributed by atoms with van der Waals surface area (Å²) in [6.45, 7) is 1.64. The summed E-state index contributed by atoms with van der Waals surface area (Å²) in [6.07, 6.45) is 0. The van der Waals surface area contributed by atoms with E-state index in [1.165, 1.54) is 14.2 Å². The van der Waals surface area contributed by atoms with Crippen LogP contribution in [0.2, 0.25) is 0 Å². The number of rotatable bonds is 4. The van der Waals surface area contributed by atoms with E-state index in [9.17, 15) is 4.79 Å². The summed E-state index contributed by atoms with van der Waals surface area (Å²) in [5.74, 6) is 0.941. The van der Waals surface area contributed by atoms with Crippen LogP contribution in [-0.4, -0.2) is 26.0 Å². The number of nitrogens with two attached hydrogens (primary N) is 1. The number of ketones is 1. The van der Waals surface area contributed by atoms with Crippen LogP contribution < -0.4 is 15.2 Å². The molecule has 0 fully saturated rings. The number of benzene rings is 1. The first-order valence-electron chi connectivity index (χ1n) is 4.72. The zero-order chi connectivity index (χ0) is 12.3. The molecule has 2 N–H and O–H groups in total. The standard InChI is InChI=1S/C11H14BrNO3/c1-6(13)11(14)7-4-8(15-2)10(12)9(5-7)16-3/h4-6H,13H2,1-3H3. The van der Waals surface area contributed by atoms with Crippen molar-refractivity contribution in [2.24, 2.45) is 5.73 Å². The second kappa shape index (κ2) is 5.32. The van der Waals surface area contributed by atoms with Gasteiger partial charge in [-0.05, 0) is 35.0 Å². The first-order chi connectivity index (χ1) is 7.51. The molecule has 0 heterocycles. The summed E-state index contributed by atoms with van der Waals surface area (Å²) in [6, 6.07) is 2.73. The number of methoxy groups -OCH3 is 2. The molecule has 1 atom stereocenters. The third kappa shape index (κ3) is 2.54. The fraction of sp³-hybridized carbons (Fsp3) is 0.364. The fourth-order valence-corrected chi connectivity index (χ4v) is 1.83. The zero-order valence-corrected chi connectivity index (χ0v) is 11.0. The van der Waals surface area contributed by atoms with E-state index in [0.29, 0.717) is 21.5 Å². The predicted molar refractivity (Wildman–Crippen MR) is 65.2 cm³/mol. The molecule has 0 aromatic heterocycles. The van der Waals surface area contributed by atoms with Crippen LogP contribution >= 0.6 is 15.9 Å². The molecule has 16 heavy (non-hydrogen) atoms. The molecule has 1 unspecified atom stereocenters. The molecule has 0 saturated carbocycles. The van der Waals surface area contributed by atoms with E-state index in [2.05, 4.69) is 15.9 Å². The molecule has 0 spiro atoms. The van der Waals surface area contributed by atoms with Gasteiger partial charge in [-0.15, -0.1) is 0 Å². The van der Waals surface area contributed by atoms with E-state index in [0.717, 1.165) is 0 Å². The van der Waals surface area contributed by atoms with Gasteiger partial charge >= 0.3 is 0 Å². The van der Waals surface area contributed by atoms with Gasteiger partial charge in [-0.2, -0.15) is 0 Å². The number of carbonyl (C=O) groups is 1. The Morgan fingerprint density at radius 2 is 1.75 bits per heavy atom. The van der Waals surface area contributed by atoms with Crippen molar-refractivity contribution in [3.63, 3.8) is 0 Å². The lowest BCUT2D eigenvalue weighted by Gasteiger charge is -2.12. The van der Waals surface area contributed by atoms with E-state index < -0.39 is 6.04 Å². The molecule has 0 aliphatic rings. The van der Waals surface area contributed by atoms with Gasteiger partial charge in [-0.25, -0.2) is 0 Å². The van der Waals surface area contributed by atoms with Crippen molar-refractivity contribution in [2.45, 2.75) is 13.0 Å². The van der Waals surface area contributed by atoms with Crippen LogP contribution in [-0.2, 0) is 0 Å². The van der Waals surface area contributed by atoms with Gasteiger partial charge in [-0.1, -0.05) is 0 Å². The Labute approximate surface area is 103 Å². The van der Waals surface area contributed by atoms with E-state index in [1.54, 1.807) is 19.1 Å². The van der Waals surface area contributed by atoms with E-state index >= 15 is 0 Å². The van der Waals surface area contributed by atoms with Crippen molar-refractivity contribution in [1.82, 2.24) is 0 Å². The smallest absolute Gasteiger partial charge is 0.179 e. The molecular weight excluding hydrogens is 274 g/mol. The first kappa shape index (κ1) is 13.0. The van der Waals surface area contributed by atoms with Gasteiger partial charge in [0.2, 0.25) is 0 Å². The maximum Gasteiger partial charge on any atom is 0.179 e. The van der Waals surface area contributed by atoms with Gasteiger partial charge in [0.1, 0.15) is 16.0 Å². The Morgan fingerprint density at radius 1 is 1.31 bits per heavy atom. The van der Waals surface area contributed by atoms with Crippen molar-refractivity contribution in [1.29, 1.82) is 0 Å². The molecule has 0 aliphatic carbocycles. The third-order valence-corrected chi connectivity index (χ3v) is 2.93. The minimum Gasteiger partial charge on any atom is -0.495 e. The molecule has 1 aromatic carbocycles. The second-order valence-corrected chi connectivity index (χ2v) is 4.14. The van der Waals surface area contributed by atoms with Gasteiger partial charge in [-0.3, -0.25) is 4.79 Å². The van der Waals surface area contributed by atoms with Gasteiger partial charge in [0, 0.05) is 5.56 Å². The van der Waals surface area contributed by atoms with Crippen LogP contribution in [0.3, 0.4) is 0 Å². The average Bonchev–Trinajstić information content (AvgIpc) is 2.28. The number of ether oxygens (including phenoxy) is 2. The molecule has 4 nitrogen and oxygen atoms in total. The van der Waals surface area contributed by atoms with Crippen LogP contribution in [0.25, 0.3) is 0 Å². The van der Waals surface area contributed by atoms with Crippen molar-refractivity contribution in [2.75, 3.05) is 14.2 Å².